The minimum Gasteiger partial charge on any atom is -0.388 e. The Labute approximate surface area is 135 Å². The van der Waals surface area contributed by atoms with Gasteiger partial charge in [-0.25, -0.2) is 14.1 Å². The second kappa shape index (κ2) is 6.37. The monoisotopic (exact) mass is 346 g/mol. The van der Waals surface area contributed by atoms with Crippen LogP contribution in [0.25, 0.3) is 11.1 Å². The molecular formula is C14H14ClF3N4O. The van der Waals surface area contributed by atoms with Crippen LogP contribution in [0.15, 0.2) is 24.7 Å². The van der Waals surface area contributed by atoms with Crippen molar-refractivity contribution in [3.8, 4) is 11.1 Å². The molecule has 0 bridgehead atoms. The summed E-state index contributed by atoms with van der Waals surface area (Å²) in [5.74, 6) is 0. The van der Waals surface area contributed by atoms with E-state index in [4.69, 9.17) is 11.6 Å². The Balaban J connectivity index is 1.97. The first kappa shape index (κ1) is 16.1. The fourth-order valence-corrected chi connectivity index (χ4v) is 2.76. The van der Waals surface area contributed by atoms with Gasteiger partial charge >= 0.3 is 6.55 Å². The van der Waals surface area contributed by atoms with E-state index in [1.807, 2.05) is 0 Å². The molecule has 1 aliphatic rings. The van der Waals surface area contributed by atoms with Gasteiger partial charge in [-0.15, -0.1) is 0 Å². The molecule has 2 atom stereocenters. The SMILES string of the molecule is O[C@@H]1CN(c2cc(Cl)ncc2-c2cnn(C(F)F)c2)CC[C@H]1F. The molecule has 9 heteroatoms. The van der Waals surface area contributed by atoms with Crippen LogP contribution in [0.2, 0.25) is 5.15 Å². The summed E-state index contributed by atoms with van der Waals surface area (Å²) in [5, 5.41) is 13.6. The molecule has 1 saturated heterocycles. The number of hydrogen-bond donors (Lipinski definition) is 1. The van der Waals surface area contributed by atoms with Gasteiger partial charge in [0.2, 0.25) is 0 Å². The number of β-amino-alcohol motifs (C(OH)–C–C–N with tert-alkyl or cyclic N) is 1. The van der Waals surface area contributed by atoms with Gasteiger partial charge in [-0.2, -0.15) is 13.9 Å². The number of halogens is 4. The van der Waals surface area contributed by atoms with Crippen LogP contribution in [0.5, 0.6) is 0 Å². The molecule has 2 aromatic heterocycles. The lowest BCUT2D eigenvalue weighted by molar-refractivity contribution is 0.0566. The molecule has 3 rings (SSSR count). The maximum absolute atomic E-state index is 13.4. The standard InChI is InChI=1S/C14H14ClF3N4O/c15-13-3-11(21-2-1-10(16)12(23)7-21)9(5-19-13)8-4-20-22(6-8)14(17)18/h3-6,10,12,14,23H,1-2,7H2/t10-,12-/m1/s1. The first-order valence-corrected chi connectivity index (χ1v) is 7.39. The summed E-state index contributed by atoms with van der Waals surface area (Å²) in [6.45, 7) is -2.26. The number of anilines is 1. The lowest BCUT2D eigenvalue weighted by Gasteiger charge is -2.35. The molecule has 0 aliphatic carbocycles. The predicted molar refractivity (Wildman–Crippen MR) is 79.5 cm³/mol. The molecular weight excluding hydrogens is 333 g/mol. The number of piperidine rings is 1. The average Bonchev–Trinajstić information content (AvgIpc) is 3.00. The van der Waals surface area contributed by atoms with Crippen molar-refractivity contribution in [3.05, 3.63) is 29.8 Å². The number of aliphatic hydroxyl groups excluding tert-OH is 1. The molecule has 1 aliphatic heterocycles. The van der Waals surface area contributed by atoms with Gasteiger partial charge in [-0.1, -0.05) is 11.6 Å². The van der Waals surface area contributed by atoms with Gasteiger partial charge in [0.1, 0.15) is 17.4 Å². The van der Waals surface area contributed by atoms with Crippen LogP contribution in [0.1, 0.15) is 13.0 Å². The van der Waals surface area contributed by atoms with Crippen LogP contribution >= 0.6 is 11.6 Å². The Morgan fingerprint density at radius 1 is 1.35 bits per heavy atom. The molecule has 0 amide bonds. The molecule has 0 radical (unpaired) electrons. The maximum Gasteiger partial charge on any atom is 0.333 e. The largest absolute Gasteiger partial charge is 0.388 e. The van der Waals surface area contributed by atoms with E-state index in [0.717, 1.165) is 0 Å². The first-order chi connectivity index (χ1) is 11.0. The maximum atomic E-state index is 13.4. The number of nitrogens with zero attached hydrogens (tertiary/aromatic N) is 4. The van der Waals surface area contributed by atoms with Gasteiger partial charge in [0.05, 0.1) is 6.20 Å². The van der Waals surface area contributed by atoms with Gasteiger partial charge in [-0.3, -0.25) is 0 Å². The van der Waals surface area contributed by atoms with Gasteiger partial charge in [0.25, 0.3) is 0 Å². The molecule has 0 unspecified atom stereocenters. The summed E-state index contributed by atoms with van der Waals surface area (Å²) in [6, 6.07) is 1.57. The predicted octanol–water partition coefficient (Wildman–Crippen LogP) is 2.90. The Morgan fingerprint density at radius 3 is 2.78 bits per heavy atom. The van der Waals surface area contributed by atoms with Crippen molar-refractivity contribution in [1.29, 1.82) is 0 Å². The van der Waals surface area contributed by atoms with Crippen LogP contribution < -0.4 is 4.90 Å². The van der Waals surface area contributed by atoms with Gasteiger partial charge in [0.15, 0.2) is 0 Å². The number of alkyl halides is 3. The third-order valence-corrected chi connectivity index (χ3v) is 4.01. The molecule has 23 heavy (non-hydrogen) atoms. The zero-order chi connectivity index (χ0) is 16.6. The van der Waals surface area contributed by atoms with Crippen LogP contribution in [-0.2, 0) is 0 Å². The van der Waals surface area contributed by atoms with Crippen molar-refractivity contribution in [2.75, 3.05) is 18.0 Å². The molecule has 0 saturated carbocycles. The van der Waals surface area contributed by atoms with Crippen LogP contribution in [0.3, 0.4) is 0 Å². The lowest BCUT2D eigenvalue weighted by Crippen LogP contribution is -2.45. The summed E-state index contributed by atoms with van der Waals surface area (Å²) in [6.07, 6.45) is 1.77. The molecule has 3 heterocycles. The second-order valence-corrected chi connectivity index (χ2v) is 5.72. The number of aromatic nitrogens is 3. The van der Waals surface area contributed by atoms with Crippen LogP contribution in [0.4, 0.5) is 18.9 Å². The molecule has 2 aromatic rings. The van der Waals surface area contributed by atoms with E-state index < -0.39 is 18.8 Å². The molecule has 1 fully saturated rings. The van der Waals surface area contributed by atoms with E-state index in [1.54, 1.807) is 11.0 Å². The highest BCUT2D eigenvalue weighted by atomic mass is 35.5. The summed E-state index contributed by atoms with van der Waals surface area (Å²) in [5.41, 5.74) is 1.59. The highest BCUT2D eigenvalue weighted by Gasteiger charge is 2.29. The minimum atomic E-state index is -2.74. The molecule has 0 aromatic carbocycles. The molecule has 5 nitrogen and oxygen atoms in total. The fraction of sp³-hybridized carbons (Fsp3) is 0.429. The molecule has 124 valence electrons. The van der Waals surface area contributed by atoms with Crippen LogP contribution in [0, 0.1) is 0 Å². The highest BCUT2D eigenvalue weighted by Crippen LogP contribution is 2.34. The van der Waals surface area contributed by atoms with Crippen molar-refractivity contribution in [1.82, 2.24) is 14.8 Å². The van der Waals surface area contributed by atoms with E-state index in [9.17, 15) is 18.3 Å². The topological polar surface area (TPSA) is 54.2 Å². The highest BCUT2D eigenvalue weighted by molar-refractivity contribution is 6.29. The van der Waals surface area contributed by atoms with E-state index in [1.165, 1.54) is 18.6 Å². The lowest BCUT2D eigenvalue weighted by atomic mass is 10.0. The average molecular weight is 347 g/mol. The Hall–Kier alpha value is -1.80. The quantitative estimate of drug-likeness (QED) is 0.868. The van der Waals surface area contributed by atoms with E-state index in [-0.39, 0.29) is 18.1 Å². The van der Waals surface area contributed by atoms with Crippen molar-refractivity contribution >= 4 is 17.3 Å². The zero-order valence-electron chi connectivity index (χ0n) is 11.9. The van der Waals surface area contributed by atoms with Gasteiger partial charge < -0.3 is 10.0 Å². The van der Waals surface area contributed by atoms with Gasteiger partial charge in [0, 0.05) is 42.3 Å². The third kappa shape index (κ3) is 3.28. The smallest absolute Gasteiger partial charge is 0.333 e. The van der Waals surface area contributed by atoms with Gasteiger partial charge in [-0.05, 0) is 12.5 Å². The van der Waals surface area contributed by atoms with Crippen molar-refractivity contribution < 1.29 is 18.3 Å². The summed E-state index contributed by atoms with van der Waals surface area (Å²) in [4.78, 5) is 5.74. The Morgan fingerprint density at radius 2 is 2.13 bits per heavy atom. The minimum absolute atomic E-state index is 0.0947. The Kier molecular flexibility index (Phi) is 4.45. The number of hydrogen-bond acceptors (Lipinski definition) is 4. The summed E-state index contributed by atoms with van der Waals surface area (Å²) < 4.78 is 39.4. The van der Waals surface area contributed by atoms with Crippen molar-refractivity contribution in [2.45, 2.75) is 25.2 Å². The Bertz CT molecular complexity index is 696. The van der Waals surface area contributed by atoms with Crippen LogP contribution in [-0.4, -0.2) is 45.2 Å². The number of aliphatic hydroxyl groups is 1. The number of pyridine rings is 1. The van der Waals surface area contributed by atoms with E-state index in [2.05, 4.69) is 10.1 Å². The van der Waals surface area contributed by atoms with Crippen molar-refractivity contribution in [3.63, 3.8) is 0 Å². The number of rotatable bonds is 3. The molecule has 0 spiro atoms. The van der Waals surface area contributed by atoms with Crippen molar-refractivity contribution in [2.24, 2.45) is 0 Å². The summed E-state index contributed by atoms with van der Waals surface area (Å²) in [7, 11) is 0. The summed E-state index contributed by atoms with van der Waals surface area (Å²) >= 11 is 5.93. The molecule has 1 N–H and O–H groups in total. The second-order valence-electron chi connectivity index (χ2n) is 5.33. The van der Waals surface area contributed by atoms with E-state index in [0.29, 0.717) is 28.0 Å². The zero-order valence-corrected chi connectivity index (χ0v) is 12.7. The normalized spacial score (nSPS) is 21.9. The first-order valence-electron chi connectivity index (χ1n) is 7.01. The fourth-order valence-electron chi connectivity index (χ4n) is 2.61. The van der Waals surface area contributed by atoms with E-state index >= 15 is 0 Å². The third-order valence-electron chi connectivity index (χ3n) is 3.80.